The Bertz CT molecular complexity index is 506. The van der Waals surface area contributed by atoms with Crippen molar-refractivity contribution in [2.45, 2.75) is 32.0 Å². The van der Waals surface area contributed by atoms with Crippen molar-refractivity contribution in [2.75, 3.05) is 25.6 Å². The number of furan rings is 1. The van der Waals surface area contributed by atoms with E-state index in [9.17, 15) is 8.42 Å². The molecule has 1 heterocycles. The van der Waals surface area contributed by atoms with Crippen molar-refractivity contribution in [3.8, 4) is 0 Å². The zero-order valence-corrected chi connectivity index (χ0v) is 12.4. The molecule has 1 fully saturated rings. The lowest BCUT2D eigenvalue weighted by atomic mass is 10.2. The summed E-state index contributed by atoms with van der Waals surface area (Å²) in [6.45, 7) is 2.00. The third-order valence-corrected chi connectivity index (χ3v) is 4.18. The smallest absolute Gasteiger partial charge is 0.148 e. The number of nitrogens with one attached hydrogen (secondary N) is 1. The molecule has 0 atom stereocenters. The molecule has 6 heteroatoms. The predicted molar refractivity (Wildman–Crippen MR) is 74.6 cm³/mol. The van der Waals surface area contributed by atoms with Gasteiger partial charge in [-0.05, 0) is 26.0 Å². The van der Waals surface area contributed by atoms with Crippen molar-refractivity contribution in [1.82, 2.24) is 10.2 Å². The van der Waals surface area contributed by atoms with Crippen LogP contribution in [0.3, 0.4) is 0 Å². The van der Waals surface area contributed by atoms with E-state index in [2.05, 4.69) is 5.32 Å². The Balaban J connectivity index is 1.82. The Morgan fingerprint density at radius 3 is 2.84 bits per heavy atom. The molecule has 108 valence electrons. The molecule has 1 aromatic rings. The average molecular weight is 286 g/mol. The first-order chi connectivity index (χ1) is 8.94. The van der Waals surface area contributed by atoms with E-state index in [1.54, 1.807) is 6.26 Å². The van der Waals surface area contributed by atoms with Crippen molar-refractivity contribution < 1.29 is 12.8 Å². The first-order valence-corrected chi connectivity index (χ1v) is 8.65. The van der Waals surface area contributed by atoms with Gasteiger partial charge in [0.15, 0.2) is 0 Å². The minimum atomic E-state index is -2.91. The van der Waals surface area contributed by atoms with Crippen molar-refractivity contribution >= 4 is 9.84 Å². The van der Waals surface area contributed by atoms with Crippen LogP contribution >= 0.6 is 0 Å². The lowest BCUT2D eigenvalue weighted by Gasteiger charge is -2.15. The van der Waals surface area contributed by atoms with E-state index in [-0.39, 0.29) is 5.75 Å². The van der Waals surface area contributed by atoms with Gasteiger partial charge in [-0.1, -0.05) is 0 Å². The Kier molecular flexibility index (Phi) is 4.65. The third kappa shape index (κ3) is 5.34. The molecule has 0 spiro atoms. The summed E-state index contributed by atoms with van der Waals surface area (Å²) in [7, 11) is -0.998. The second-order valence-electron chi connectivity index (χ2n) is 5.39. The van der Waals surface area contributed by atoms with Crippen LogP contribution in [0.5, 0.6) is 0 Å². The van der Waals surface area contributed by atoms with E-state index in [1.807, 2.05) is 18.0 Å². The van der Waals surface area contributed by atoms with Crippen molar-refractivity contribution in [1.29, 1.82) is 0 Å². The monoisotopic (exact) mass is 286 g/mol. The highest BCUT2D eigenvalue weighted by Crippen LogP contribution is 2.20. The van der Waals surface area contributed by atoms with Crippen LogP contribution in [-0.2, 0) is 22.9 Å². The minimum absolute atomic E-state index is 0.180. The highest BCUT2D eigenvalue weighted by Gasteiger charge is 2.21. The molecular weight excluding hydrogens is 264 g/mol. The molecule has 0 aromatic carbocycles. The SMILES string of the molecule is CN(CCS(C)(=O)=O)Cc1occc1CNC1CC1. The maximum atomic E-state index is 11.1. The lowest BCUT2D eigenvalue weighted by Crippen LogP contribution is -2.25. The van der Waals surface area contributed by atoms with E-state index in [0.717, 1.165) is 17.9 Å². The number of nitrogens with zero attached hydrogens (tertiary/aromatic N) is 1. The first-order valence-electron chi connectivity index (χ1n) is 6.59. The second kappa shape index (κ2) is 6.07. The van der Waals surface area contributed by atoms with Crippen LogP contribution in [0.1, 0.15) is 24.2 Å². The van der Waals surface area contributed by atoms with Crippen LogP contribution < -0.4 is 5.32 Å². The molecule has 2 rings (SSSR count). The van der Waals surface area contributed by atoms with Crippen molar-refractivity contribution in [3.05, 3.63) is 23.7 Å². The van der Waals surface area contributed by atoms with Crippen molar-refractivity contribution in [2.24, 2.45) is 0 Å². The molecule has 0 amide bonds. The molecule has 1 aliphatic rings. The van der Waals surface area contributed by atoms with Gasteiger partial charge in [0, 0.05) is 31.0 Å². The zero-order chi connectivity index (χ0) is 13.9. The molecule has 0 aliphatic heterocycles. The topological polar surface area (TPSA) is 62.6 Å². The van der Waals surface area contributed by atoms with Gasteiger partial charge < -0.3 is 9.73 Å². The Morgan fingerprint density at radius 2 is 2.21 bits per heavy atom. The molecule has 1 saturated carbocycles. The normalized spacial score (nSPS) is 16.2. The van der Waals surface area contributed by atoms with E-state index in [1.165, 1.54) is 19.1 Å². The van der Waals surface area contributed by atoms with Gasteiger partial charge in [0.25, 0.3) is 0 Å². The molecule has 0 bridgehead atoms. The molecule has 0 saturated heterocycles. The Hall–Kier alpha value is -0.850. The summed E-state index contributed by atoms with van der Waals surface area (Å²) in [6, 6.07) is 2.65. The third-order valence-electron chi connectivity index (χ3n) is 3.25. The zero-order valence-electron chi connectivity index (χ0n) is 11.6. The average Bonchev–Trinajstić information content (AvgIpc) is 3.05. The van der Waals surface area contributed by atoms with Gasteiger partial charge in [0.1, 0.15) is 15.6 Å². The van der Waals surface area contributed by atoms with Crippen LogP contribution in [0, 0.1) is 0 Å². The molecule has 0 radical (unpaired) electrons. The highest BCUT2D eigenvalue weighted by atomic mass is 32.2. The van der Waals surface area contributed by atoms with Crippen molar-refractivity contribution in [3.63, 3.8) is 0 Å². The fourth-order valence-electron chi connectivity index (χ4n) is 1.85. The summed E-state index contributed by atoms with van der Waals surface area (Å²) < 4.78 is 27.7. The van der Waals surface area contributed by atoms with Gasteiger partial charge in [0.05, 0.1) is 18.6 Å². The second-order valence-corrected chi connectivity index (χ2v) is 7.65. The number of sulfone groups is 1. The lowest BCUT2D eigenvalue weighted by molar-refractivity contribution is 0.307. The Morgan fingerprint density at radius 1 is 1.47 bits per heavy atom. The van der Waals surface area contributed by atoms with Gasteiger partial charge in [-0.15, -0.1) is 0 Å². The summed E-state index contributed by atoms with van der Waals surface area (Å²) in [5.41, 5.74) is 1.16. The number of hydrogen-bond donors (Lipinski definition) is 1. The van der Waals surface area contributed by atoms with Crippen LogP contribution in [0.4, 0.5) is 0 Å². The number of hydrogen-bond acceptors (Lipinski definition) is 5. The molecule has 1 aliphatic carbocycles. The molecule has 5 nitrogen and oxygen atoms in total. The van der Waals surface area contributed by atoms with Gasteiger partial charge in [-0.2, -0.15) is 0 Å². The largest absolute Gasteiger partial charge is 0.468 e. The highest BCUT2D eigenvalue weighted by molar-refractivity contribution is 7.90. The van der Waals surface area contributed by atoms with Gasteiger partial charge >= 0.3 is 0 Å². The molecule has 1 aromatic heterocycles. The number of rotatable bonds is 8. The van der Waals surface area contributed by atoms with Crippen LogP contribution in [0.15, 0.2) is 16.7 Å². The van der Waals surface area contributed by atoms with Gasteiger partial charge in [-0.3, -0.25) is 4.90 Å². The van der Waals surface area contributed by atoms with Crippen LogP contribution in [0.2, 0.25) is 0 Å². The van der Waals surface area contributed by atoms with Crippen LogP contribution in [0.25, 0.3) is 0 Å². The quantitative estimate of drug-likeness (QED) is 0.773. The maximum absolute atomic E-state index is 11.1. The molecule has 19 heavy (non-hydrogen) atoms. The molecule has 1 N–H and O–H groups in total. The standard InChI is InChI=1S/C13H22N2O3S/c1-15(6-8-19(2,16)17)10-13-11(5-7-18-13)9-14-12-3-4-12/h5,7,12,14H,3-4,6,8-10H2,1-2H3. The molecule has 0 unspecified atom stereocenters. The molecular formula is C13H22N2O3S. The summed E-state index contributed by atoms with van der Waals surface area (Å²) in [5, 5.41) is 3.45. The van der Waals surface area contributed by atoms with E-state index in [4.69, 9.17) is 4.42 Å². The summed E-state index contributed by atoms with van der Waals surface area (Å²) in [6.07, 6.45) is 5.49. The van der Waals surface area contributed by atoms with Gasteiger partial charge in [0.2, 0.25) is 0 Å². The Labute approximate surface area is 114 Å². The van der Waals surface area contributed by atoms with E-state index >= 15 is 0 Å². The van der Waals surface area contributed by atoms with Gasteiger partial charge in [-0.25, -0.2) is 8.42 Å². The maximum Gasteiger partial charge on any atom is 0.148 e. The predicted octanol–water partition coefficient (Wildman–Crippen LogP) is 1.01. The fourth-order valence-corrected chi connectivity index (χ4v) is 2.49. The van der Waals surface area contributed by atoms with E-state index < -0.39 is 9.84 Å². The van der Waals surface area contributed by atoms with Crippen LogP contribution in [-0.4, -0.2) is 45.0 Å². The summed E-state index contributed by atoms with van der Waals surface area (Å²) in [4.78, 5) is 1.97. The minimum Gasteiger partial charge on any atom is -0.468 e. The summed E-state index contributed by atoms with van der Waals surface area (Å²) in [5.74, 6) is 1.10. The summed E-state index contributed by atoms with van der Waals surface area (Å²) >= 11 is 0. The fraction of sp³-hybridized carbons (Fsp3) is 0.692. The first kappa shape index (κ1) is 14.6. The van der Waals surface area contributed by atoms with E-state index in [0.29, 0.717) is 19.1 Å².